The lowest BCUT2D eigenvalue weighted by molar-refractivity contribution is -0.125. The average molecular weight is 421 g/mol. The summed E-state index contributed by atoms with van der Waals surface area (Å²) in [7, 11) is 0. The first-order valence-electron chi connectivity index (χ1n) is 10.7. The first-order valence-corrected chi connectivity index (χ1v) is 10.7. The van der Waals surface area contributed by atoms with Crippen LogP contribution in [-0.4, -0.2) is 33.9 Å². The number of para-hydroxylation sites is 1. The largest absolute Gasteiger partial charge is 0.486 e. The smallest absolute Gasteiger partial charge is 0.342 e. The first kappa shape index (κ1) is 20.9. The van der Waals surface area contributed by atoms with Crippen molar-refractivity contribution in [1.29, 1.82) is 0 Å². The number of carbonyl (C=O) groups is 2. The zero-order valence-corrected chi connectivity index (χ0v) is 17.7. The molecular weight excluding hydrogens is 394 g/mol. The van der Waals surface area contributed by atoms with E-state index in [4.69, 9.17) is 9.47 Å². The fourth-order valence-corrected chi connectivity index (χ4v) is 3.91. The number of esters is 1. The highest BCUT2D eigenvalue weighted by atomic mass is 16.5. The highest BCUT2D eigenvalue weighted by Crippen LogP contribution is 2.21. The van der Waals surface area contributed by atoms with Crippen molar-refractivity contribution in [3.63, 3.8) is 0 Å². The number of benzene rings is 1. The van der Waals surface area contributed by atoms with Gasteiger partial charge in [0.1, 0.15) is 23.6 Å². The molecule has 1 aliphatic rings. The number of nitrogens with zero attached hydrogens (tertiary/aromatic N) is 2. The number of rotatable bonds is 7. The maximum Gasteiger partial charge on any atom is 0.342 e. The molecule has 2 aromatic heterocycles. The topological polar surface area (TPSA) is 81.9 Å². The van der Waals surface area contributed by atoms with Crippen LogP contribution in [-0.2, 0) is 16.1 Å². The number of fused-ring (bicyclic) bond motifs is 1. The predicted molar refractivity (Wildman–Crippen MR) is 116 cm³/mol. The second-order valence-corrected chi connectivity index (χ2v) is 7.92. The Morgan fingerprint density at radius 2 is 1.94 bits per heavy atom. The summed E-state index contributed by atoms with van der Waals surface area (Å²) in [5.74, 6) is -0.451. The number of hydrogen-bond acceptors (Lipinski definition) is 5. The number of carbonyl (C=O) groups excluding carboxylic acids is 2. The molecule has 0 unspecified atom stereocenters. The molecule has 1 amide bonds. The van der Waals surface area contributed by atoms with E-state index in [1.54, 1.807) is 24.3 Å². The number of amides is 1. The molecule has 1 aliphatic carbocycles. The third kappa shape index (κ3) is 5.23. The van der Waals surface area contributed by atoms with Crippen LogP contribution in [0.1, 0.15) is 53.7 Å². The molecule has 0 atom stereocenters. The Morgan fingerprint density at radius 1 is 1.13 bits per heavy atom. The fraction of sp³-hybridized carbons (Fsp3) is 0.375. The van der Waals surface area contributed by atoms with Gasteiger partial charge >= 0.3 is 5.97 Å². The molecule has 0 aliphatic heterocycles. The standard InChI is InChI=1S/C24H27N3O4/c1-17-8-7-13-27-14-19(26-23(17)27)15-30-21-12-6-5-11-20(21)24(29)31-16-22(28)25-18-9-3-2-4-10-18/h5-8,11-14,18H,2-4,9-10,15-16H2,1H3,(H,25,28). The molecule has 162 valence electrons. The number of imidazole rings is 1. The van der Waals surface area contributed by atoms with Crippen LogP contribution in [0, 0.1) is 6.92 Å². The number of aryl methyl sites for hydroxylation is 1. The van der Waals surface area contributed by atoms with Gasteiger partial charge in [0.25, 0.3) is 5.91 Å². The molecule has 31 heavy (non-hydrogen) atoms. The van der Waals surface area contributed by atoms with Gasteiger partial charge in [-0.3, -0.25) is 4.79 Å². The van der Waals surface area contributed by atoms with Gasteiger partial charge in [-0.25, -0.2) is 9.78 Å². The quantitative estimate of drug-likeness (QED) is 0.587. The summed E-state index contributed by atoms with van der Waals surface area (Å²) >= 11 is 0. The first-order chi connectivity index (χ1) is 15.1. The molecule has 0 saturated heterocycles. The van der Waals surface area contributed by atoms with E-state index in [1.165, 1.54) is 6.42 Å². The predicted octanol–water partition coefficient (Wildman–Crippen LogP) is 3.83. The van der Waals surface area contributed by atoms with E-state index in [0.29, 0.717) is 5.75 Å². The summed E-state index contributed by atoms with van der Waals surface area (Å²) in [6, 6.07) is 11.0. The van der Waals surface area contributed by atoms with Crippen LogP contribution in [0.4, 0.5) is 0 Å². The second kappa shape index (κ2) is 9.64. The average Bonchev–Trinajstić information content (AvgIpc) is 3.21. The molecule has 0 bridgehead atoms. The van der Waals surface area contributed by atoms with Crippen molar-refractivity contribution in [3.8, 4) is 5.75 Å². The maximum absolute atomic E-state index is 12.6. The van der Waals surface area contributed by atoms with Crippen molar-refractivity contribution in [2.75, 3.05) is 6.61 Å². The lowest BCUT2D eigenvalue weighted by atomic mass is 9.95. The van der Waals surface area contributed by atoms with E-state index in [9.17, 15) is 9.59 Å². The third-order valence-electron chi connectivity index (χ3n) is 5.51. The summed E-state index contributed by atoms with van der Waals surface area (Å²) in [6.07, 6.45) is 9.27. The monoisotopic (exact) mass is 421 g/mol. The maximum atomic E-state index is 12.6. The zero-order chi connectivity index (χ0) is 21.6. The van der Waals surface area contributed by atoms with Gasteiger partial charge in [-0.15, -0.1) is 0 Å². The number of pyridine rings is 1. The molecule has 0 spiro atoms. The van der Waals surface area contributed by atoms with Crippen molar-refractivity contribution in [2.24, 2.45) is 0 Å². The van der Waals surface area contributed by atoms with E-state index in [1.807, 2.05) is 35.9 Å². The van der Waals surface area contributed by atoms with Crippen LogP contribution in [0.3, 0.4) is 0 Å². The highest BCUT2D eigenvalue weighted by Gasteiger charge is 2.19. The molecule has 7 nitrogen and oxygen atoms in total. The Bertz CT molecular complexity index is 1070. The SMILES string of the molecule is Cc1cccn2cc(COc3ccccc3C(=O)OCC(=O)NC3CCCCC3)nc12. The third-order valence-corrected chi connectivity index (χ3v) is 5.51. The zero-order valence-electron chi connectivity index (χ0n) is 17.7. The summed E-state index contributed by atoms with van der Waals surface area (Å²) < 4.78 is 13.0. The molecule has 1 saturated carbocycles. The number of ether oxygens (including phenoxy) is 2. The number of nitrogens with one attached hydrogen (secondary N) is 1. The van der Waals surface area contributed by atoms with Crippen LogP contribution in [0.2, 0.25) is 0 Å². The highest BCUT2D eigenvalue weighted by molar-refractivity contribution is 5.94. The van der Waals surface area contributed by atoms with E-state index in [-0.39, 0.29) is 30.7 Å². The summed E-state index contributed by atoms with van der Waals surface area (Å²) in [5, 5.41) is 2.95. The number of aromatic nitrogens is 2. The molecule has 1 aromatic carbocycles. The van der Waals surface area contributed by atoms with E-state index >= 15 is 0 Å². The Hall–Kier alpha value is -3.35. The molecule has 1 N–H and O–H groups in total. The Balaban J connectivity index is 1.35. The lowest BCUT2D eigenvalue weighted by Crippen LogP contribution is -2.38. The molecule has 1 fully saturated rings. The van der Waals surface area contributed by atoms with Crippen molar-refractivity contribution < 1.29 is 19.1 Å². The van der Waals surface area contributed by atoms with Crippen molar-refractivity contribution in [1.82, 2.24) is 14.7 Å². The molecule has 7 heteroatoms. The van der Waals surface area contributed by atoms with E-state index in [0.717, 1.165) is 42.6 Å². The van der Waals surface area contributed by atoms with Crippen molar-refractivity contribution >= 4 is 17.5 Å². The molecule has 2 heterocycles. The van der Waals surface area contributed by atoms with Gasteiger partial charge in [0.15, 0.2) is 6.61 Å². The second-order valence-electron chi connectivity index (χ2n) is 7.92. The van der Waals surface area contributed by atoms with Gasteiger partial charge in [-0.2, -0.15) is 0 Å². The van der Waals surface area contributed by atoms with Gasteiger partial charge in [-0.1, -0.05) is 37.5 Å². The van der Waals surface area contributed by atoms with Crippen molar-refractivity contribution in [2.45, 2.75) is 51.7 Å². The lowest BCUT2D eigenvalue weighted by Gasteiger charge is -2.22. The van der Waals surface area contributed by atoms with Gasteiger partial charge in [0, 0.05) is 18.4 Å². The van der Waals surface area contributed by atoms with Crippen LogP contribution >= 0.6 is 0 Å². The van der Waals surface area contributed by atoms with E-state index < -0.39 is 5.97 Å². The summed E-state index contributed by atoms with van der Waals surface area (Å²) in [4.78, 5) is 29.3. The Labute approximate surface area is 181 Å². The van der Waals surface area contributed by atoms with Gasteiger partial charge < -0.3 is 19.2 Å². The minimum Gasteiger partial charge on any atom is -0.486 e. The minimum atomic E-state index is -0.583. The Morgan fingerprint density at radius 3 is 2.74 bits per heavy atom. The Kier molecular flexibility index (Phi) is 6.50. The van der Waals surface area contributed by atoms with Crippen LogP contribution in [0.15, 0.2) is 48.8 Å². The van der Waals surface area contributed by atoms with Crippen LogP contribution < -0.4 is 10.1 Å². The molecule has 0 radical (unpaired) electrons. The van der Waals surface area contributed by atoms with Gasteiger partial charge in [-0.05, 0) is 43.5 Å². The van der Waals surface area contributed by atoms with Crippen molar-refractivity contribution in [3.05, 3.63) is 65.6 Å². The summed E-state index contributed by atoms with van der Waals surface area (Å²) in [5.41, 5.74) is 2.99. The minimum absolute atomic E-state index is 0.185. The van der Waals surface area contributed by atoms with Crippen LogP contribution in [0.5, 0.6) is 5.75 Å². The van der Waals surface area contributed by atoms with Crippen LogP contribution in [0.25, 0.3) is 5.65 Å². The summed E-state index contributed by atoms with van der Waals surface area (Å²) in [6.45, 7) is 1.92. The van der Waals surface area contributed by atoms with E-state index in [2.05, 4.69) is 10.3 Å². The molecule has 3 aromatic rings. The van der Waals surface area contributed by atoms with Gasteiger partial charge in [0.05, 0.1) is 5.69 Å². The normalized spacial score (nSPS) is 14.4. The fourth-order valence-electron chi connectivity index (χ4n) is 3.91. The number of hydrogen-bond donors (Lipinski definition) is 1. The van der Waals surface area contributed by atoms with Gasteiger partial charge in [0.2, 0.25) is 0 Å². The molecular formula is C24H27N3O4. The molecule has 4 rings (SSSR count).